The maximum absolute atomic E-state index is 7.73. The van der Waals surface area contributed by atoms with Crippen molar-refractivity contribution in [2.24, 2.45) is 16.0 Å². The Hall–Kier alpha value is -1.29. The molecule has 0 bridgehead atoms. The lowest BCUT2D eigenvalue weighted by atomic mass is 9.91. The molecular weight excluding hydrogens is 480 g/mol. The SMILES string of the molecule is N=N/C(=C1\NC=Nc2[nH]ccc21)C1CCN(Cc2cc(Br)c(Br)s2)CC1. The van der Waals surface area contributed by atoms with Crippen LogP contribution in [-0.4, -0.2) is 29.3 Å². The maximum atomic E-state index is 7.73. The number of aromatic amines is 1. The van der Waals surface area contributed by atoms with Crippen molar-refractivity contribution in [2.45, 2.75) is 19.4 Å². The fourth-order valence-corrected chi connectivity index (χ4v) is 5.75. The molecule has 0 aliphatic carbocycles. The van der Waals surface area contributed by atoms with Gasteiger partial charge in [-0.2, -0.15) is 5.11 Å². The Morgan fingerprint density at radius 3 is 2.88 bits per heavy atom. The summed E-state index contributed by atoms with van der Waals surface area (Å²) in [7, 11) is 0. The van der Waals surface area contributed by atoms with E-state index in [1.807, 2.05) is 12.3 Å². The number of allylic oxidation sites excluding steroid dienone is 1. The molecule has 1 fully saturated rings. The van der Waals surface area contributed by atoms with Crippen molar-refractivity contribution in [1.29, 1.82) is 5.53 Å². The number of H-pyrrole nitrogens is 1. The zero-order valence-electron chi connectivity index (χ0n) is 13.9. The van der Waals surface area contributed by atoms with Crippen molar-refractivity contribution in [2.75, 3.05) is 13.1 Å². The summed E-state index contributed by atoms with van der Waals surface area (Å²) in [6, 6.07) is 4.17. The summed E-state index contributed by atoms with van der Waals surface area (Å²) in [5.41, 5.74) is 10.5. The molecule has 136 valence electrons. The molecule has 4 heterocycles. The number of aliphatic imine (C=N–C) groups is 1. The van der Waals surface area contributed by atoms with Crippen LogP contribution in [0.3, 0.4) is 0 Å². The summed E-state index contributed by atoms with van der Waals surface area (Å²) in [4.78, 5) is 11.2. The van der Waals surface area contributed by atoms with Crippen LogP contribution in [0, 0.1) is 11.4 Å². The first-order valence-electron chi connectivity index (χ1n) is 8.40. The second-order valence-electron chi connectivity index (χ2n) is 6.40. The van der Waals surface area contributed by atoms with Crippen molar-refractivity contribution in [3.8, 4) is 0 Å². The molecule has 2 aromatic rings. The molecule has 0 radical (unpaired) electrons. The zero-order valence-corrected chi connectivity index (χ0v) is 17.9. The topological polar surface area (TPSA) is 79.6 Å². The third kappa shape index (κ3) is 3.58. The van der Waals surface area contributed by atoms with Gasteiger partial charge in [-0.05, 0) is 69.9 Å². The summed E-state index contributed by atoms with van der Waals surface area (Å²) in [6.45, 7) is 2.99. The van der Waals surface area contributed by atoms with Gasteiger partial charge in [-0.3, -0.25) is 4.90 Å². The smallest absolute Gasteiger partial charge is 0.141 e. The lowest BCUT2D eigenvalue weighted by Gasteiger charge is -2.32. The first kappa shape index (κ1) is 18.1. The van der Waals surface area contributed by atoms with Gasteiger partial charge >= 0.3 is 0 Å². The second kappa shape index (κ2) is 7.75. The monoisotopic (exact) mass is 496 g/mol. The number of rotatable bonds is 4. The van der Waals surface area contributed by atoms with Gasteiger partial charge in [0, 0.05) is 33.6 Å². The van der Waals surface area contributed by atoms with Crippen LogP contribution in [0.5, 0.6) is 0 Å². The van der Waals surface area contributed by atoms with Gasteiger partial charge in [-0.1, -0.05) is 0 Å². The zero-order chi connectivity index (χ0) is 18.1. The average Bonchev–Trinajstić information content (AvgIpc) is 3.24. The quantitative estimate of drug-likeness (QED) is 0.489. The van der Waals surface area contributed by atoms with E-state index in [0.29, 0.717) is 5.92 Å². The third-order valence-electron chi connectivity index (χ3n) is 4.82. The molecule has 0 atom stereocenters. The summed E-state index contributed by atoms with van der Waals surface area (Å²) in [5, 5.41) is 7.10. The summed E-state index contributed by atoms with van der Waals surface area (Å²) < 4.78 is 2.27. The lowest BCUT2D eigenvalue weighted by molar-refractivity contribution is 0.192. The lowest BCUT2D eigenvalue weighted by Crippen LogP contribution is -2.34. The predicted octanol–water partition coefficient (Wildman–Crippen LogP) is 5.48. The number of nitrogens with zero attached hydrogens (tertiary/aromatic N) is 3. The van der Waals surface area contributed by atoms with Gasteiger partial charge < -0.3 is 10.3 Å². The van der Waals surface area contributed by atoms with Crippen molar-refractivity contribution in [3.63, 3.8) is 0 Å². The minimum absolute atomic E-state index is 0.294. The van der Waals surface area contributed by atoms with Crippen molar-refractivity contribution < 1.29 is 0 Å². The van der Waals surface area contributed by atoms with Gasteiger partial charge in [0.05, 0.1) is 21.5 Å². The van der Waals surface area contributed by atoms with E-state index in [1.165, 1.54) is 4.88 Å². The van der Waals surface area contributed by atoms with Gasteiger partial charge in [0.1, 0.15) is 5.82 Å². The number of piperidine rings is 1. The minimum atomic E-state index is 0.294. The largest absolute Gasteiger partial charge is 0.346 e. The molecule has 0 amide bonds. The fraction of sp³-hybridized carbons (Fsp3) is 0.353. The molecule has 2 aliphatic heterocycles. The highest BCUT2D eigenvalue weighted by Gasteiger charge is 2.27. The Bertz CT molecular complexity index is 856. The van der Waals surface area contributed by atoms with Gasteiger partial charge in [-0.15, -0.1) is 11.3 Å². The number of hydrogen-bond donors (Lipinski definition) is 3. The molecular formula is C17H18Br2N6S. The van der Waals surface area contributed by atoms with Gasteiger partial charge in [0.2, 0.25) is 0 Å². The Morgan fingerprint density at radius 1 is 1.38 bits per heavy atom. The maximum Gasteiger partial charge on any atom is 0.141 e. The molecule has 1 saturated heterocycles. The van der Waals surface area contributed by atoms with Gasteiger partial charge in [-0.25, -0.2) is 10.5 Å². The first-order chi connectivity index (χ1) is 12.7. The van der Waals surface area contributed by atoms with E-state index >= 15 is 0 Å². The molecule has 26 heavy (non-hydrogen) atoms. The van der Waals surface area contributed by atoms with Gasteiger partial charge in [0.25, 0.3) is 0 Å². The van der Waals surface area contributed by atoms with Crippen molar-refractivity contribution in [1.82, 2.24) is 15.2 Å². The number of hydrogen-bond acceptors (Lipinski definition) is 6. The van der Waals surface area contributed by atoms with Crippen molar-refractivity contribution >= 4 is 61.1 Å². The van der Waals surface area contributed by atoms with Crippen molar-refractivity contribution in [3.05, 3.63) is 42.7 Å². The highest BCUT2D eigenvalue weighted by molar-refractivity contribution is 9.13. The molecule has 4 rings (SSSR count). The van der Waals surface area contributed by atoms with Crippen LogP contribution in [0.25, 0.3) is 5.70 Å². The average molecular weight is 498 g/mol. The molecule has 9 heteroatoms. The van der Waals surface area contributed by atoms with E-state index in [-0.39, 0.29) is 0 Å². The number of thiophene rings is 1. The Morgan fingerprint density at radius 2 is 2.19 bits per heavy atom. The van der Waals surface area contributed by atoms with E-state index in [2.05, 4.69) is 63.2 Å². The van der Waals surface area contributed by atoms with Gasteiger partial charge in [0.15, 0.2) is 0 Å². The Labute approximate surface area is 172 Å². The number of halogens is 2. The molecule has 0 unspecified atom stereocenters. The first-order valence-corrected chi connectivity index (χ1v) is 10.8. The van der Waals surface area contributed by atoms with Crippen LogP contribution in [0.15, 0.2) is 42.4 Å². The fourth-order valence-electron chi connectivity index (χ4n) is 3.53. The Kier molecular flexibility index (Phi) is 5.40. The molecule has 0 saturated carbocycles. The van der Waals surface area contributed by atoms with E-state index < -0.39 is 0 Å². The van der Waals surface area contributed by atoms with E-state index in [4.69, 9.17) is 5.53 Å². The van der Waals surface area contributed by atoms with E-state index in [9.17, 15) is 0 Å². The molecule has 0 spiro atoms. The number of aromatic nitrogens is 1. The van der Waals surface area contributed by atoms with Crippen LogP contribution in [0.1, 0.15) is 23.3 Å². The van der Waals surface area contributed by atoms with Crippen LogP contribution >= 0.6 is 43.2 Å². The molecule has 3 N–H and O–H groups in total. The number of fused-ring (bicyclic) bond motifs is 1. The number of nitrogens with one attached hydrogen (secondary N) is 3. The Balaban J connectivity index is 1.46. The highest BCUT2D eigenvalue weighted by Crippen LogP contribution is 2.36. The van der Waals surface area contributed by atoms with E-state index in [0.717, 1.165) is 63.5 Å². The molecule has 2 aliphatic rings. The van der Waals surface area contributed by atoms with Crippen LogP contribution in [0.2, 0.25) is 0 Å². The van der Waals surface area contributed by atoms with Crippen LogP contribution in [0.4, 0.5) is 5.82 Å². The van der Waals surface area contributed by atoms with E-state index in [1.54, 1.807) is 17.7 Å². The summed E-state index contributed by atoms with van der Waals surface area (Å²) in [6.07, 6.45) is 5.55. The molecule has 6 nitrogen and oxygen atoms in total. The standard InChI is InChI=1S/C17H18Br2N6S/c18-13-7-11(26-16(13)19)8-25-5-2-10(3-6-25)14(24-20)15-12-1-4-21-17(12)23-9-22-15/h1,4,7,9-10,20-21H,2-3,5-6,8H2,(H,22,23)/b15-14-,24-20?. The normalized spacial score (nSPS) is 19.9. The molecule has 0 aromatic carbocycles. The second-order valence-corrected chi connectivity index (χ2v) is 9.71. The summed E-state index contributed by atoms with van der Waals surface area (Å²) >= 11 is 8.90. The summed E-state index contributed by atoms with van der Waals surface area (Å²) in [5.74, 6) is 1.12. The third-order valence-corrected chi connectivity index (χ3v) is 8.06. The minimum Gasteiger partial charge on any atom is -0.346 e. The van der Waals surface area contributed by atoms with Crippen LogP contribution < -0.4 is 5.32 Å². The highest BCUT2D eigenvalue weighted by atomic mass is 79.9. The number of likely N-dealkylation sites (tertiary alicyclic amines) is 1. The predicted molar refractivity (Wildman–Crippen MR) is 112 cm³/mol. The molecule has 2 aromatic heterocycles. The van der Waals surface area contributed by atoms with Crippen LogP contribution in [-0.2, 0) is 6.54 Å².